The number of hydrogen-bond acceptors (Lipinski definition) is 2. The van der Waals surface area contributed by atoms with Crippen LogP contribution < -0.4 is 0 Å². The fourth-order valence-electron chi connectivity index (χ4n) is 2.72. The van der Waals surface area contributed by atoms with E-state index in [0.717, 1.165) is 23.7 Å². The Morgan fingerprint density at radius 3 is 3.00 bits per heavy atom. The summed E-state index contributed by atoms with van der Waals surface area (Å²) in [7, 11) is 0. The highest BCUT2D eigenvalue weighted by molar-refractivity contribution is 5.87. The van der Waals surface area contributed by atoms with Gasteiger partial charge in [0.25, 0.3) is 0 Å². The van der Waals surface area contributed by atoms with Crippen molar-refractivity contribution in [2.24, 2.45) is 0 Å². The van der Waals surface area contributed by atoms with E-state index in [1.54, 1.807) is 0 Å². The average Bonchev–Trinajstić information content (AvgIpc) is 3.10. The maximum Gasteiger partial charge on any atom is 0.150 e. The molecular formula is C16H15N3O. The monoisotopic (exact) mass is 265 g/mol. The number of nitrogens with zero attached hydrogens (tertiary/aromatic N) is 3. The Hall–Kier alpha value is -2.36. The van der Waals surface area contributed by atoms with Crippen LogP contribution in [0.2, 0.25) is 0 Å². The Morgan fingerprint density at radius 2 is 2.20 bits per heavy atom. The van der Waals surface area contributed by atoms with Gasteiger partial charge in [0.15, 0.2) is 0 Å². The minimum absolute atomic E-state index is 0.639. The molecule has 0 spiro atoms. The van der Waals surface area contributed by atoms with E-state index in [9.17, 15) is 4.79 Å². The molecule has 4 rings (SSSR count). The Balaban J connectivity index is 1.74. The number of imidazole rings is 1. The second kappa shape index (κ2) is 4.34. The fourth-order valence-corrected chi connectivity index (χ4v) is 2.72. The van der Waals surface area contributed by atoms with Gasteiger partial charge in [-0.25, -0.2) is 4.98 Å². The fraction of sp³-hybridized carbons (Fsp3) is 0.250. The molecule has 0 bridgehead atoms. The van der Waals surface area contributed by atoms with E-state index in [-0.39, 0.29) is 0 Å². The molecular weight excluding hydrogens is 250 g/mol. The number of rotatable bonds is 4. The first-order valence-corrected chi connectivity index (χ1v) is 6.90. The molecule has 1 saturated carbocycles. The van der Waals surface area contributed by atoms with Gasteiger partial charge in [-0.3, -0.25) is 4.79 Å². The molecule has 1 aliphatic carbocycles. The summed E-state index contributed by atoms with van der Waals surface area (Å²) in [5.74, 6) is 0. The van der Waals surface area contributed by atoms with Crippen LogP contribution >= 0.6 is 0 Å². The molecule has 0 amide bonds. The number of fused-ring (bicyclic) bond motifs is 1. The van der Waals surface area contributed by atoms with Gasteiger partial charge >= 0.3 is 0 Å². The van der Waals surface area contributed by atoms with Crippen molar-refractivity contribution in [3.63, 3.8) is 0 Å². The summed E-state index contributed by atoms with van der Waals surface area (Å²) in [6.45, 7) is 0.794. The number of carbonyl (C=O) groups is 1. The maximum absolute atomic E-state index is 10.9. The van der Waals surface area contributed by atoms with Crippen LogP contribution in [-0.2, 0) is 6.54 Å². The zero-order valence-electron chi connectivity index (χ0n) is 11.1. The van der Waals surface area contributed by atoms with Crippen LogP contribution in [0.25, 0.3) is 10.9 Å². The number of benzene rings is 1. The molecule has 0 unspecified atom stereocenters. The van der Waals surface area contributed by atoms with E-state index in [4.69, 9.17) is 0 Å². The van der Waals surface area contributed by atoms with Gasteiger partial charge in [-0.2, -0.15) is 0 Å². The average molecular weight is 265 g/mol. The highest BCUT2D eigenvalue weighted by atomic mass is 16.1. The Bertz CT molecular complexity index is 780. The second-order valence-corrected chi connectivity index (χ2v) is 5.40. The van der Waals surface area contributed by atoms with Crippen LogP contribution in [0.15, 0.2) is 43.0 Å². The van der Waals surface area contributed by atoms with E-state index in [1.807, 2.05) is 30.7 Å². The molecule has 2 heterocycles. The van der Waals surface area contributed by atoms with Gasteiger partial charge in [0.2, 0.25) is 0 Å². The van der Waals surface area contributed by atoms with E-state index in [2.05, 4.69) is 26.4 Å². The molecule has 0 N–H and O–H groups in total. The predicted molar refractivity (Wildman–Crippen MR) is 76.9 cm³/mol. The zero-order chi connectivity index (χ0) is 13.5. The molecule has 0 radical (unpaired) electrons. The summed E-state index contributed by atoms with van der Waals surface area (Å²) in [5, 5.41) is 1.16. The number of aldehydes is 1. The van der Waals surface area contributed by atoms with Gasteiger partial charge in [-0.15, -0.1) is 0 Å². The summed E-state index contributed by atoms with van der Waals surface area (Å²) >= 11 is 0. The van der Waals surface area contributed by atoms with Crippen molar-refractivity contribution < 1.29 is 4.79 Å². The Morgan fingerprint density at radius 1 is 1.30 bits per heavy atom. The summed E-state index contributed by atoms with van der Waals surface area (Å²) in [5.41, 5.74) is 3.04. The molecule has 20 heavy (non-hydrogen) atoms. The standard InChI is InChI=1S/C16H15N3O/c20-10-12-1-2-13-5-6-18(16(13)7-12)9-15-8-17-11-19(15)14-3-4-14/h1-2,5-8,10-11,14H,3-4,9H2. The van der Waals surface area contributed by atoms with Crippen LogP contribution in [0, 0.1) is 0 Å². The number of aromatic nitrogens is 3. The van der Waals surface area contributed by atoms with Crippen molar-refractivity contribution in [2.75, 3.05) is 0 Å². The van der Waals surface area contributed by atoms with Crippen molar-refractivity contribution in [3.05, 3.63) is 54.2 Å². The van der Waals surface area contributed by atoms with E-state index >= 15 is 0 Å². The van der Waals surface area contributed by atoms with Crippen LogP contribution in [0.5, 0.6) is 0 Å². The van der Waals surface area contributed by atoms with Crippen molar-refractivity contribution in [1.82, 2.24) is 14.1 Å². The minimum Gasteiger partial charge on any atom is -0.341 e. The number of hydrogen-bond donors (Lipinski definition) is 0. The Labute approximate surface area is 116 Å². The zero-order valence-corrected chi connectivity index (χ0v) is 11.1. The molecule has 0 saturated heterocycles. The van der Waals surface area contributed by atoms with Crippen LogP contribution in [0.4, 0.5) is 0 Å². The molecule has 0 atom stereocenters. The van der Waals surface area contributed by atoms with Gasteiger partial charge in [0.05, 0.1) is 18.6 Å². The van der Waals surface area contributed by atoms with Crippen LogP contribution in [0.1, 0.15) is 34.9 Å². The lowest BCUT2D eigenvalue weighted by Gasteiger charge is -2.09. The normalized spacial score (nSPS) is 14.8. The highest BCUT2D eigenvalue weighted by Crippen LogP contribution is 2.35. The molecule has 4 nitrogen and oxygen atoms in total. The molecule has 100 valence electrons. The third-order valence-corrected chi connectivity index (χ3v) is 3.95. The van der Waals surface area contributed by atoms with Gasteiger partial charge < -0.3 is 9.13 Å². The quantitative estimate of drug-likeness (QED) is 0.680. The van der Waals surface area contributed by atoms with Crippen LogP contribution in [0.3, 0.4) is 0 Å². The lowest BCUT2D eigenvalue weighted by atomic mass is 10.2. The lowest BCUT2D eigenvalue weighted by molar-refractivity contribution is 0.112. The Kier molecular flexibility index (Phi) is 2.49. The topological polar surface area (TPSA) is 39.8 Å². The van der Waals surface area contributed by atoms with E-state index < -0.39 is 0 Å². The molecule has 3 aromatic rings. The highest BCUT2D eigenvalue weighted by Gasteiger charge is 2.25. The summed E-state index contributed by atoms with van der Waals surface area (Å²) in [4.78, 5) is 15.2. The summed E-state index contributed by atoms with van der Waals surface area (Å²) in [6.07, 6.45) is 9.34. The summed E-state index contributed by atoms with van der Waals surface area (Å²) < 4.78 is 4.45. The SMILES string of the molecule is O=Cc1ccc2ccn(Cc3cncn3C3CC3)c2c1. The van der Waals surface area contributed by atoms with Crippen molar-refractivity contribution in [3.8, 4) is 0 Å². The third-order valence-electron chi connectivity index (χ3n) is 3.95. The molecule has 1 fully saturated rings. The lowest BCUT2D eigenvalue weighted by Crippen LogP contribution is -2.05. The van der Waals surface area contributed by atoms with Gasteiger partial charge in [-0.1, -0.05) is 12.1 Å². The first kappa shape index (κ1) is 11.5. The largest absolute Gasteiger partial charge is 0.341 e. The smallest absolute Gasteiger partial charge is 0.150 e. The van der Waals surface area contributed by atoms with Crippen molar-refractivity contribution >= 4 is 17.2 Å². The number of carbonyl (C=O) groups excluding carboxylic acids is 1. The minimum atomic E-state index is 0.639. The van der Waals surface area contributed by atoms with Crippen molar-refractivity contribution in [1.29, 1.82) is 0 Å². The molecule has 1 aromatic carbocycles. The van der Waals surface area contributed by atoms with Gasteiger partial charge in [0, 0.05) is 29.5 Å². The van der Waals surface area contributed by atoms with Gasteiger partial charge in [-0.05, 0) is 30.4 Å². The molecule has 0 aliphatic heterocycles. The first-order chi connectivity index (χ1) is 9.85. The molecule has 4 heteroatoms. The van der Waals surface area contributed by atoms with Crippen LogP contribution in [-0.4, -0.2) is 20.4 Å². The van der Waals surface area contributed by atoms with E-state index in [0.29, 0.717) is 11.6 Å². The molecule has 2 aromatic heterocycles. The third kappa shape index (κ3) is 1.84. The first-order valence-electron chi connectivity index (χ1n) is 6.90. The second-order valence-electron chi connectivity index (χ2n) is 5.40. The maximum atomic E-state index is 10.9. The summed E-state index contributed by atoms with van der Waals surface area (Å²) in [6, 6.07) is 8.52. The molecule has 1 aliphatic rings. The van der Waals surface area contributed by atoms with Crippen molar-refractivity contribution in [2.45, 2.75) is 25.4 Å². The predicted octanol–water partition coefficient (Wildman–Crippen LogP) is 3.03. The van der Waals surface area contributed by atoms with Gasteiger partial charge in [0.1, 0.15) is 6.29 Å². The van der Waals surface area contributed by atoms with E-state index in [1.165, 1.54) is 18.5 Å².